The number of hydrogen-bond donors (Lipinski definition) is 2. The van der Waals surface area contributed by atoms with E-state index in [0.29, 0.717) is 12.8 Å². The number of rotatable bonds is 12. The summed E-state index contributed by atoms with van der Waals surface area (Å²) in [4.78, 5) is 23.2. The zero-order valence-corrected chi connectivity index (χ0v) is 14.1. The van der Waals surface area contributed by atoms with Gasteiger partial charge in [0.15, 0.2) is 0 Å². The zero-order valence-electron chi connectivity index (χ0n) is 14.1. The van der Waals surface area contributed by atoms with E-state index in [1.165, 1.54) is 25.7 Å². The molecule has 1 amide bonds. The van der Waals surface area contributed by atoms with Crippen LogP contribution in [0.25, 0.3) is 0 Å². The summed E-state index contributed by atoms with van der Waals surface area (Å²) in [5.74, 6) is -1.15. The van der Waals surface area contributed by atoms with Gasteiger partial charge in [0.2, 0.25) is 5.91 Å². The van der Waals surface area contributed by atoms with Crippen LogP contribution >= 0.6 is 0 Å². The van der Waals surface area contributed by atoms with Crippen LogP contribution in [0.1, 0.15) is 63.9 Å². The van der Waals surface area contributed by atoms with Crippen molar-refractivity contribution in [3.8, 4) is 0 Å². The van der Waals surface area contributed by atoms with E-state index in [1.807, 2.05) is 30.3 Å². The molecule has 1 rings (SSSR count). The molecular formula is C19H30NNaO3. The van der Waals surface area contributed by atoms with Crippen molar-refractivity contribution in [2.75, 3.05) is 0 Å². The van der Waals surface area contributed by atoms with E-state index in [0.717, 1.165) is 24.8 Å². The molecule has 5 heteroatoms. The standard InChI is InChI=1S/C19H29NO3.Na.H/c1-2-3-4-5-6-7-11-14-18(21)20-17(19(22)23)15-16-12-9-8-10-13-16;;/h8-10,12-13,17H,2-7,11,14-15H2,1H3,(H,20,21)(H,22,23);;/t17-;;/m0../s1. The first-order chi connectivity index (χ1) is 11.1. The van der Waals surface area contributed by atoms with E-state index < -0.39 is 12.0 Å². The Morgan fingerprint density at radius 1 is 1.00 bits per heavy atom. The minimum absolute atomic E-state index is 0. The predicted molar refractivity (Wildman–Crippen MR) is 99.5 cm³/mol. The number of aliphatic carboxylic acids is 1. The average molecular weight is 343 g/mol. The second-order valence-corrected chi connectivity index (χ2v) is 6.02. The SMILES string of the molecule is CCCCCCCCCC(=O)N[C@@H](Cc1ccccc1)C(=O)O.[NaH]. The molecule has 0 saturated heterocycles. The van der Waals surface area contributed by atoms with Gasteiger partial charge in [-0.05, 0) is 12.0 Å². The monoisotopic (exact) mass is 343 g/mol. The Bertz CT molecular complexity index is 465. The van der Waals surface area contributed by atoms with Gasteiger partial charge < -0.3 is 10.4 Å². The molecule has 0 saturated carbocycles. The van der Waals surface area contributed by atoms with Crippen molar-refractivity contribution < 1.29 is 14.7 Å². The van der Waals surface area contributed by atoms with E-state index in [-0.39, 0.29) is 35.5 Å². The second kappa shape index (κ2) is 14.5. The average Bonchev–Trinajstić information content (AvgIpc) is 2.54. The summed E-state index contributed by atoms with van der Waals surface area (Å²) in [6.07, 6.45) is 8.75. The number of amides is 1. The van der Waals surface area contributed by atoms with Gasteiger partial charge in [0.05, 0.1) is 0 Å². The summed E-state index contributed by atoms with van der Waals surface area (Å²) >= 11 is 0. The van der Waals surface area contributed by atoms with Crippen molar-refractivity contribution in [3.05, 3.63) is 35.9 Å². The molecule has 0 aliphatic rings. The number of carbonyl (C=O) groups excluding carboxylic acids is 1. The summed E-state index contributed by atoms with van der Waals surface area (Å²) in [5, 5.41) is 11.9. The number of carbonyl (C=O) groups is 2. The molecule has 2 N–H and O–H groups in total. The molecule has 0 radical (unpaired) electrons. The molecule has 0 aliphatic carbocycles. The molecule has 1 aromatic carbocycles. The number of nitrogens with one attached hydrogen (secondary N) is 1. The molecule has 0 fully saturated rings. The predicted octanol–water partition coefficient (Wildman–Crippen LogP) is 3.29. The molecule has 1 aromatic rings. The number of carboxylic acid groups (broad SMARTS) is 1. The van der Waals surface area contributed by atoms with Gasteiger partial charge in [-0.2, -0.15) is 0 Å². The third-order valence-corrected chi connectivity index (χ3v) is 3.92. The Morgan fingerprint density at radius 3 is 2.17 bits per heavy atom. The van der Waals surface area contributed by atoms with Gasteiger partial charge in [0, 0.05) is 12.8 Å². The summed E-state index contributed by atoms with van der Waals surface area (Å²) in [5.41, 5.74) is 0.913. The van der Waals surface area contributed by atoms with Crippen LogP contribution in [0.3, 0.4) is 0 Å². The third-order valence-electron chi connectivity index (χ3n) is 3.92. The molecule has 130 valence electrons. The Hall–Kier alpha value is -0.840. The molecule has 0 bridgehead atoms. The number of unbranched alkanes of at least 4 members (excludes halogenated alkanes) is 6. The van der Waals surface area contributed by atoms with Crippen LogP contribution in [0.5, 0.6) is 0 Å². The Labute approximate surface area is 167 Å². The topological polar surface area (TPSA) is 66.4 Å². The molecule has 0 aromatic heterocycles. The second-order valence-electron chi connectivity index (χ2n) is 6.02. The quantitative estimate of drug-likeness (QED) is 0.452. The summed E-state index contributed by atoms with van der Waals surface area (Å²) in [6, 6.07) is 8.52. The minimum atomic E-state index is -0.984. The summed E-state index contributed by atoms with van der Waals surface area (Å²) in [6.45, 7) is 2.19. The van der Waals surface area contributed by atoms with Crippen LogP contribution in [0.2, 0.25) is 0 Å². The zero-order chi connectivity index (χ0) is 16.9. The van der Waals surface area contributed by atoms with Crippen molar-refractivity contribution in [3.63, 3.8) is 0 Å². The van der Waals surface area contributed by atoms with Crippen molar-refractivity contribution in [1.82, 2.24) is 5.32 Å². The van der Waals surface area contributed by atoms with Crippen LogP contribution in [-0.2, 0) is 16.0 Å². The molecule has 0 spiro atoms. The Kier molecular flexibility index (Phi) is 14.0. The van der Waals surface area contributed by atoms with Gasteiger partial charge in [0.1, 0.15) is 6.04 Å². The number of hydrogen-bond acceptors (Lipinski definition) is 2. The van der Waals surface area contributed by atoms with Gasteiger partial charge in [0.25, 0.3) is 0 Å². The fourth-order valence-electron chi connectivity index (χ4n) is 2.56. The molecular weight excluding hydrogens is 313 g/mol. The fourth-order valence-corrected chi connectivity index (χ4v) is 2.56. The number of carboxylic acids is 1. The van der Waals surface area contributed by atoms with E-state index in [4.69, 9.17) is 0 Å². The maximum atomic E-state index is 11.9. The Balaban J connectivity index is 0.00000529. The summed E-state index contributed by atoms with van der Waals surface area (Å²) < 4.78 is 0. The molecule has 24 heavy (non-hydrogen) atoms. The van der Waals surface area contributed by atoms with Crippen LogP contribution in [0.4, 0.5) is 0 Å². The maximum absolute atomic E-state index is 11.9. The van der Waals surface area contributed by atoms with Gasteiger partial charge in [-0.25, -0.2) is 4.79 Å². The van der Waals surface area contributed by atoms with Crippen LogP contribution in [-0.4, -0.2) is 52.6 Å². The number of benzene rings is 1. The van der Waals surface area contributed by atoms with Crippen molar-refractivity contribution in [2.24, 2.45) is 0 Å². The first-order valence-electron chi connectivity index (χ1n) is 8.69. The Morgan fingerprint density at radius 2 is 1.58 bits per heavy atom. The van der Waals surface area contributed by atoms with Crippen molar-refractivity contribution in [1.29, 1.82) is 0 Å². The summed E-state index contributed by atoms with van der Waals surface area (Å²) in [7, 11) is 0. The molecule has 0 aliphatic heterocycles. The molecule has 0 heterocycles. The molecule has 1 atom stereocenters. The molecule has 0 unspecified atom stereocenters. The first kappa shape index (κ1) is 23.2. The van der Waals surface area contributed by atoms with Crippen LogP contribution in [0.15, 0.2) is 30.3 Å². The van der Waals surface area contributed by atoms with Crippen LogP contribution < -0.4 is 5.32 Å². The fraction of sp³-hybridized carbons (Fsp3) is 0.579. The molecule has 4 nitrogen and oxygen atoms in total. The van der Waals surface area contributed by atoms with E-state index >= 15 is 0 Å². The van der Waals surface area contributed by atoms with Crippen LogP contribution in [0, 0.1) is 0 Å². The third kappa shape index (κ3) is 10.8. The van der Waals surface area contributed by atoms with Gasteiger partial charge in [-0.15, -0.1) is 0 Å². The van der Waals surface area contributed by atoms with Crippen molar-refractivity contribution >= 4 is 41.4 Å². The van der Waals surface area contributed by atoms with Crippen molar-refractivity contribution in [2.45, 2.75) is 70.8 Å². The van der Waals surface area contributed by atoms with Gasteiger partial charge in [-0.1, -0.05) is 75.8 Å². The normalized spacial score (nSPS) is 11.4. The van der Waals surface area contributed by atoms with E-state index in [2.05, 4.69) is 12.2 Å². The first-order valence-corrected chi connectivity index (χ1v) is 8.69. The van der Waals surface area contributed by atoms with Gasteiger partial charge >= 0.3 is 35.5 Å². The van der Waals surface area contributed by atoms with E-state index in [9.17, 15) is 14.7 Å². The van der Waals surface area contributed by atoms with Gasteiger partial charge in [-0.3, -0.25) is 4.79 Å². The van der Waals surface area contributed by atoms with E-state index in [1.54, 1.807) is 0 Å².